The van der Waals surface area contributed by atoms with E-state index in [9.17, 15) is 18.0 Å². The van der Waals surface area contributed by atoms with Gasteiger partial charge in [-0.05, 0) is 43.3 Å². The Morgan fingerprint density at radius 1 is 1.13 bits per heavy atom. The van der Waals surface area contributed by atoms with E-state index in [-0.39, 0.29) is 5.75 Å². The predicted octanol–water partition coefficient (Wildman–Crippen LogP) is 4.87. The lowest BCUT2D eigenvalue weighted by Gasteiger charge is -2.12. The molecular formula is C20H18BrF3N4O2S. The van der Waals surface area contributed by atoms with Crippen LogP contribution in [-0.4, -0.2) is 45.8 Å². The van der Waals surface area contributed by atoms with Gasteiger partial charge in [-0.25, -0.2) is 0 Å². The molecule has 0 aliphatic carbocycles. The summed E-state index contributed by atoms with van der Waals surface area (Å²) in [5, 5.41) is 10.6. The first kappa shape index (κ1) is 23.1. The fraction of sp³-hybridized carbons (Fsp3) is 0.250. The molecule has 0 bridgehead atoms. The fourth-order valence-electron chi connectivity index (χ4n) is 2.62. The number of aromatic nitrogens is 3. The highest BCUT2D eigenvalue weighted by molar-refractivity contribution is 9.10. The monoisotopic (exact) mass is 514 g/mol. The van der Waals surface area contributed by atoms with Crippen molar-refractivity contribution in [2.45, 2.75) is 18.3 Å². The molecule has 0 aliphatic heterocycles. The van der Waals surface area contributed by atoms with Gasteiger partial charge in [-0.15, -0.1) is 10.2 Å². The van der Waals surface area contributed by atoms with Gasteiger partial charge in [0.25, 0.3) is 0 Å². The third-order valence-corrected chi connectivity index (χ3v) is 5.42. The van der Waals surface area contributed by atoms with Crippen LogP contribution in [0.5, 0.6) is 5.75 Å². The second-order valence-electron chi connectivity index (χ2n) is 6.26. The van der Waals surface area contributed by atoms with Crippen LogP contribution in [0.1, 0.15) is 6.92 Å². The van der Waals surface area contributed by atoms with Gasteiger partial charge in [-0.1, -0.05) is 39.8 Å². The quantitative estimate of drug-likeness (QED) is 0.434. The van der Waals surface area contributed by atoms with Crippen molar-refractivity contribution >= 4 is 33.6 Å². The van der Waals surface area contributed by atoms with Crippen molar-refractivity contribution < 1.29 is 22.7 Å². The number of halogens is 4. The van der Waals surface area contributed by atoms with Gasteiger partial charge in [-0.2, -0.15) is 13.2 Å². The molecule has 1 heterocycles. The number of nitrogens with zero attached hydrogens (tertiary/aromatic N) is 3. The van der Waals surface area contributed by atoms with E-state index in [1.54, 1.807) is 16.7 Å². The van der Waals surface area contributed by atoms with Gasteiger partial charge < -0.3 is 10.1 Å². The Morgan fingerprint density at radius 2 is 1.81 bits per heavy atom. The number of rotatable bonds is 8. The molecule has 31 heavy (non-hydrogen) atoms. The summed E-state index contributed by atoms with van der Waals surface area (Å²) in [6.45, 7) is 1.05. The zero-order valence-corrected chi connectivity index (χ0v) is 18.7. The van der Waals surface area contributed by atoms with Crippen molar-refractivity contribution in [2.75, 3.05) is 18.9 Å². The molecule has 164 valence electrons. The minimum absolute atomic E-state index is 0.231. The van der Waals surface area contributed by atoms with E-state index in [2.05, 4.69) is 26.1 Å². The SMILES string of the molecule is CCOc1ccc(-n2c(SCC(=O)NCC(F)(F)F)nnc2-c2ccc(Br)cc2)cc1. The molecule has 1 N–H and O–H groups in total. The number of ether oxygens (including phenoxy) is 1. The Kier molecular flexibility index (Phi) is 7.60. The molecule has 6 nitrogen and oxygen atoms in total. The van der Waals surface area contributed by atoms with Crippen molar-refractivity contribution in [1.29, 1.82) is 0 Å². The van der Waals surface area contributed by atoms with Crippen LogP contribution in [0.4, 0.5) is 13.2 Å². The molecule has 1 aromatic heterocycles. The number of amides is 1. The molecule has 0 fully saturated rings. The molecule has 11 heteroatoms. The van der Waals surface area contributed by atoms with Crippen LogP contribution in [0.3, 0.4) is 0 Å². The maximum atomic E-state index is 12.3. The van der Waals surface area contributed by atoms with Crippen LogP contribution in [0.2, 0.25) is 0 Å². The van der Waals surface area contributed by atoms with Gasteiger partial charge in [0, 0.05) is 15.7 Å². The number of hydrogen-bond donors (Lipinski definition) is 1. The van der Waals surface area contributed by atoms with E-state index >= 15 is 0 Å². The molecule has 0 atom stereocenters. The molecule has 0 aliphatic rings. The summed E-state index contributed by atoms with van der Waals surface area (Å²) in [4.78, 5) is 11.8. The van der Waals surface area contributed by atoms with Gasteiger partial charge in [0.2, 0.25) is 5.91 Å². The molecule has 2 aromatic carbocycles. The lowest BCUT2D eigenvalue weighted by atomic mass is 10.2. The highest BCUT2D eigenvalue weighted by Crippen LogP contribution is 2.29. The van der Waals surface area contributed by atoms with E-state index in [1.165, 1.54) is 0 Å². The first-order valence-electron chi connectivity index (χ1n) is 9.17. The van der Waals surface area contributed by atoms with Crippen LogP contribution >= 0.6 is 27.7 Å². The fourth-order valence-corrected chi connectivity index (χ4v) is 3.67. The van der Waals surface area contributed by atoms with Gasteiger partial charge in [0.15, 0.2) is 11.0 Å². The van der Waals surface area contributed by atoms with Gasteiger partial charge in [0.1, 0.15) is 12.3 Å². The van der Waals surface area contributed by atoms with Gasteiger partial charge in [0.05, 0.1) is 12.4 Å². The third-order valence-electron chi connectivity index (χ3n) is 3.96. The second kappa shape index (κ2) is 10.2. The van der Waals surface area contributed by atoms with Crippen LogP contribution in [0.15, 0.2) is 58.2 Å². The number of thioether (sulfide) groups is 1. The lowest BCUT2D eigenvalue weighted by Crippen LogP contribution is -2.34. The normalized spacial score (nSPS) is 11.4. The van der Waals surface area contributed by atoms with Crippen LogP contribution in [0, 0.1) is 0 Å². The van der Waals surface area contributed by atoms with Crippen molar-refractivity contribution in [1.82, 2.24) is 20.1 Å². The van der Waals surface area contributed by atoms with E-state index < -0.39 is 18.6 Å². The summed E-state index contributed by atoms with van der Waals surface area (Å²) in [6, 6.07) is 14.7. The molecule has 3 rings (SSSR count). The molecule has 0 saturated carbocycles. The molecule has 0 saturated heterocycles. The number of hydrogen-bond acceptors (Lipinski definition) is 5. The Bertz CT molecular complexity index is 1020. The van der Waals surface area contributed by atoms with Crippen molar-refractivity contribution in [3.8, 4) is 22.8 Å². The Morgan fingerprint density at radius 3 is 2.42 bits per heavy atom. The Balaban J connectivity index is 1.88. The Hall–Kier alpha value is -2.53. The lowest BCUT2D eigenvalue weighted by molar-refractivity contribution is -0.136. The summed E-state index contributed by atoms with van der Waals surface area (Å²) in [5.41, 5.74) is 1.52. The number of carbonyl (C=O) groups is 1. The van der Waals surface area contributed by atoms with E-state index in [4.69, 9.17) is 4.74 Å². The molecule has 1 amide bonds. The predicted molar refractivity (Wildman–Crippen MR) is 115 cm³/mol. The highest BCUT2D eigenvalue weighted by Gasteiger charge is 2.27. The van der Waals surface area contributed by atoms with E-state index in [0.717, 1.165) is 27.5 Å². The first-order valence-corrected chi connectivity index (χ1v) is 11.0. The minimum Gasteiger partial charge on any atom is -0.494 e. The largest absolute Gasteiger partial charge is 0.494 e. The average molecular weight is 515 g/mol. The molecule has 0 unspecified atom stereocenters. The maximum Gasteiger partial charge on any atom is 0.405 e. The van der Waals surface area contributed by atoms with Crippen molar-refractivity contribution in [2.24, 2.45) is 0 Å². The highest BCUT2D eigenvalue weighted by atomic mass is 79.9. The van der Waals surface area contributed by atoms with E-state index in [1.807, 2.05) is 48.6 Å². The van der Waals surface area contributed by atoms with Crippen LogP contribution in [0.25, 0.3) is 17.1 Å². The number of benzene rings is 2. The summed E-state index contributed by atoms with van der Waals surface area (Å²) in [6.07, 6.45) is -4.46. The molecule has 0 radical (unpaired) electrons. The standard InChI is InChI=1S/C20H18BrF3N4O2S/c1-2-30-16-9-7-15(8-10-16)28-18(13-3-5-14(21)6-4-13)26-27-19(28)31-11-17(29)25-12-20(22,23)24/h3-10H,2,11-12H2,1H3,(H,25,29). The summed E-state index contributed by atoms with van der Waals surface area (Å²) >= 11 is 4.40. The second-order valence-corrected chi connectivity index (χ2v) is 8.11. The van der Waals surface area contributed by atoms with Gasteiger partial charge in [-0.3, -0.25) is 9.36 Å². The topological polar surface area (TPSA) is 69.0 Å². The molecular weight excluding hydrogens is 497 g/mol. The average Bonchev–Trinajstić information content (AvgIpc) is 3.15. The van der Waals surface area contributed by atoms with Gasteiger partial charge >= 0.3 is 6.18 Å². The molecule has 0 spiro atoms. The maximum absolute atomic E-state index is 12.3. The zero-order valence-electron chi connectivity index (χ0n) is 16.3. The first-order chi connectivity index (χ1) is 14.8. The third kappa shape index (κ3) is 6.47. The van der Waals surface area contributed by atoms with Crippen LogP contribution in [-0.2, 0) is 4.79 Å². The molecule has 3 aromatic rings. The van der Waals surface area contributed by atoms with E-state index in [0.29, 0.717) is 23.3 Å². The summed E-state index contributed by atoms with van der Waals surface area (Å²) in [5.74, 6) is 0.264. The number of alkyl halides is 3. The van der Waals surface area contributed by atoms with Crippen LogP contribution < -0.4 is 10.1 Å². The number of carbonyl (C=O) groups excluding carboxylic acids is 1. The van der Waals surface area contributed by atoms with Crippen molar-refractivity contribution in [3.63, 3.8) is 0 Å². The zero-order chi connectivity index (χ0) is 22.4. The number of nitrogens with one attached hydrogen (secondary N) is 1. The van der Waals surface area contributed by atoms with Crippen molar-refractivity contribution in [3.05, 3.63) is 53.0 Å². The summed E-state index contributed by atoms with van der Waals surface area (Å²) < 4.78 is 45.1. The Labute approximate surface area is 189 Å². The smallest absolute Gasteiger partial charge is 0.405 e. The minimum atomic E-state index is -4.46. The summed E-state index contributed by atoms with van der Waals surface area (Å²) in [7, 11) is 0.